The molecule has 3 heteroatoms. The number of rotatable bonds is 3. The Kier molecular flexibility index (Phi) is 4.11. The predicted octanol–water partition coefficient (Wildman–Crippen LogP) is 5.66. The molecule has 1 saturated heterocycles. The fourth-order valence-corrected chi connectivity index (χ4v) is 3.64. The minimum atomic E-state index is 0.167. The third-order valence-corrected chi connectivity index (χ3v) is 4.91. The van der Waals surface area contributed by atoms with Crippen LogP contribution in [0.1, 0.15) is 36.6 Å². The molecule has 118 valence electrons. The number of benzene rings is 2. The van der Waals surface area contributed by atoms with Crippen molar-refractivity contribution in [3.05, 3.63) is 70.9 Å². The molecule has 1 aliphatic rings. The van der Waals surface area contributed by atoms with Crippen LogP contribution in [0.3, 0.4) is 0 Å². The Morgan fingerprint density at radius 3 is 2.39 bits per heavy atom. The van der Waals surface area contributed by atoms with E-state index in [1.165, 1.54) is 30.2 Å². The number of furan rings is 1. The average molecular weight is 326 g/mol. The molecular formula is C20H20ClNO. The van der Waals surface area contributed by atoms with E-state index < -0.39 is 0 Å². The number of nitrogens with zero attached hydrogens (tertiary/aromatic N) is 1. The summed E-state index contributed by atoms with van der Waals surface area (Å²) in [6, 6.07) is 18.7. The molecule has 1 atom stereocenters. The predicted molar refractivity (Wildman–Crippen MR) is 94.9 cm³/mol. The molecule has 0 bridgehead atoms. The van der Waals surface area contributed by atoms with Crippen LogP contribution < -0.4 is 0 Å². The molecule has 0 spiro atoms. The van der Waals surface area contributed by atoms with Crippen LogP contribution in [-0.2, 0) is 0 Å². The second kappa shape index (κ2) is 6.38. The van der Waals surface area contributed by atoms with Crippen LogP contribution in [-0.4, -0.2) is 18.0 Å². The highest BCUT2D eigenvalue weighted by molar-refractivity contribution is 6.30. The number of fused-ring (bicyclic) bond motifs is 1. The highest BCUT2D eigenvalue weighted by atomic mass is 35.5. The molecule has 0 N–H and O–H groups in total. The third kappa shape index (κ3) is 3.01. The molecule has 1 unspecified atom stereocenters. The van der Waals surface area contributed by atoms with Crippen molar-refractivity contribution in [1.29, 1.82) is 0 Å². The van der Waals surface area contributed by atoms with Crippen molar-refractivity contribution in [1.82, 2.24) is 4.90 Å². The fourth-order valence-electron chi connectivity index (χ4n) is 3.51. The molecule has 0 aliphatic carbocycles. The van der Waals surface area contributed by atoms with E-state index in [4.69, 9.17) is 16.0 Å². The normalized spacial score (nSPS) is 17.4. The van der Waals surface area contributed by atoms with Gasteiger partial charge in [-0.2, -0.15) is 0 Å². The van der Waals surface area contributed by atoms with E-state index in [9.17, 15) is 0 Å². The molecule has 1 fully saturated rings. The lowest BCUT2D eigenvalue weighted by Crippen LogP contribution is -2.34. The van der Waals surface area contributed by atoms with Gasteiger partial charge < -0.3 is 4.42 Å². The Morgan fingerprint density at radius 2 is 1.65 bits per heavy atom. The van der Waals surface area contributed by atoms with Crippen molar-refractivity contribution in [3.8, 4) is 0 Å². The van der Waals surface area contributed by atoms with Gasteiger partial charge in [-0.1, -0.05) is 48.4 Å². The van der Waals surface area contributed by atoms with Gasteiger partial charge in [0.2, 0.25) is 0 Å². The number of hydrogen-bond donors (Lipinski definition) is 0. The standard InChI is InChI=1S/C20H20ClNO/c21-17-10-8-15(9-11-17)20(22-12-4-1-5-13-22)19-14-16-6-2-3-7-18(16)23-19/h2-3,6-11,14,20H,1,4-5,12-13H2. The summed E-state index contributed by atoms with van der Waals surface area (Å²) in [6.45, 7) is 2.23. The first-order valence-corrected chi connectivity index (χ1v) is 8.67. The molecule has 23 heavy (non-hydrogen) atoms. The smallest absolute Gasteiger partial charge is 0.134 e. The zero-order chi connectivity index (χ0) is 15.6. The van der Waals surface area contributed by atoms with Gasteiger partial charge in [-0.3, -0.25) is 4.90 Å². The molecule has 2 aromatic carbocycles. The minimum Gasteiger partial charge on any atom is -0.459 e. The van der Waals surface area contributed by atoms with Gasteiger partial charge in [-0.05, 0) is 55.8 Å². The summed E-state index contributed by atoms with van der Waals surface area (Å²) in [7, 11) is 0. The van der Waals surface area contributed by atoms with Crippen LogP contribution >= 0.6 is 11.6 Å². The second-order valence-electron chi connectivity index (χ2n) is 6.24. The van der Waals surface area contributed by atoms with Crippen molar-refractivity contribution in [2.24, 2.45) is 0 Å². The van der Waals surface area contributed by atoms with Gasteiger partial charge in [0.15, 0.2) is 0 Å². The average Bonchev–Trinajstić information content (AvgIpc) is 3.01. The highest BCUT2D eigenvalue weighted by Gasteiger charge is 2.26. The first kappa shape index (κ1) is 14.8. The van der Waals surface area contributed by atoms with Gasteiger partial charge in [-0.25, -0.2) is 0 Å². The van der Waals surface area contributed by atoms with E-state index in [0.717, 1.165) is 29.5 Å². The molecule has 4 rings (SSSR count). The van der Waals surface area contributed by atoms with Gasteiger partial charge in [0.25, 0.3) is 0 Å². The summed E-state index contributed by atoms with van der Waals surface area (Å²) in [5.41, 5.74) is 2.20. The summed E-state index contributed by atoms with van der Waals surface area (Å²) in [5.74, 6) is 1.02. The molecule has 0 radical (unpaired) electrons. The van der Waals surface area contributed by atoms with Crippen molar-refractivity contribution < 1.29 is 4.42 Å². The lowest BCUT2D eigenvalue weighted by molar-refractivity contribution is 0.172. The summed E-state index contributed by atoms with van der Waals surface area (Å²) in [6.07, 6.45) is 3.83. The summed E-state index contributed by atoms with van der Waals surface area (Å²) >= 11 is 6.08. The van der Waals surface area contributed by atoms with Gasteiger partial charge in [0.1, 0.15) is 11.3 Å². The Hall–Kier alpha value is -1.77. The van der Waals surface area contributed by atoms with Crippen LogP contribution in [0.5, 0.6) is 0 Å². The molecular weight excluding hydrogens is 306 g/mol. The quantitative estimate of drug-likeness (QED) is 0.617. The van der Waals surface area contributed by atoms with Crippen molar-refractivity contribution in [2.45, 2.75) is 25.3 Å². The second-order valence-corrected chi connectivity index (χ2v) is 6.67. The first-order chi connectivity index (χ1) is 11.3. The highest BCUT2D eigenvalue weighted by Crippen LogP contribution is 2.34. The van der Waals surface area contributed by atoms with Gasteiger partial charge >= 0.3 is 0 Å². The minimum absolute atomic E-state index is 0.167. The Bertz CT molecular complexity index is 754. The largest absolute Gasteiger partial charge is 0.459 e. The topological polar surface area (TPSA) is 16.4 Å². The number of hydrogen-bond acceptors (Lipinski definition) is 2. The molecule has 1 aromatic heterocycles. The van der Waals surface area contributed by atoms with E-state index in [0.29, 0.717) is 0 Å². The lowest BCUT2D eigenvalue weighted by Gasteiger charge is -2.33. The van der Waals surface area contributed by atoms with Crippen LogP contribution in [0.15, 0.2) is 59.0 Å². The zero-order valence-corrected chi connectivity index (χ0v) is 13.8. The zero-order valence-electron chi connectivity index (χ0n) is 13.0. The van der Waals surface area contributed by atoms with E-state index >= 15 is 0 Å². The van der Waals surface area contributed by atoms with Crippen LogP contribution in [0.2, 0.25) is 5.02 Å². The maximum absolute atomic E-state index is 6.19. The summed E-state index contributed by atoms with van der Waals surface area (Å²) in [4.78, 5) is 2.53. The van der Waals surface area contributed by atoms with Gasteiger partial charge in [-0.15, -0.1) is 0 Å². The Morgan fingerprint density at radius 1 is 0.913 bits per heavy atom. The van der Waals surface area contributed by atoms with Gasteiger partial charge in [0, 0.05) is 10.4 Å². The van der Waals surface area contributed by atoms with E-state index in [2.05, 4.69) is 35.2 Å². The monoisotopic (exact) mass is 325 g/mol. The number of para-hydroxylation sites is 1. The van der Waals surface area contributed by atoms with Crippen LogP contribution in [0.25, 0.3) is 11.0 Å². The van der Waals surface area contributed by atoms with Crippen LogP contribution in [0, 0.1) is 0 Å². The van der Waals surface area contributed by atoms with E-state index in [-0.39, 0.29) is 6.04 Å². The molecule has 0 saturated carbocycles. The van der Waals surface area contributed by atoms with E-state index in [1.807, 2.05) is 24.3 Å². The molecule has 3 aromatic rings. The molecule has 2 nitrogen and oxygen atoms in total. The first-order valence-electron chi connectivity index (χ1n) is 8.29. The lowest BCUT2D eigenvalue weighted by atomic mass is 9.99. The summed E-state index contributed by atoms with van der Waals surface area (Å²) < 4.78 is 6.19. The Balaban J connectivity index is 1.78. The Labute approximate surface area is 141 Å². The van der Waals surface area contributed by atoms with Gasteiger partial charge in [0.05, 0.1) is 6.04 Å². The maximum atomic E-state index is 6.19. The third-order valence-electron chi connectivity index (χ3n) is 4.66. The molecule has 1 aliphatic heterocycles. The fraction of sp³-hybridized carbons (Fsp3) is 0.300. The molecule has 2 heterocycles. The molecule has 0 amide bonds. The number of halogens is 1. The maximum Gasteiger partial charge on any atom is 0.134 e. The number of piperidine rings is 1. The summed E-state index contributed by atoms with van der Waals surface area (Å²) in [5, 5.41) is 1.94. The number of likely N-dealkylation sites (tertiary alicyclic amines) is 1. The van der Waals surface area contributed by atoms with Crippen LogP contribution in [0.4, 0.5) is 0 Å². The SMILES string of the molecule is Clc1ccc(C(c2cc3ccccc3o2)N2CCCCC2)cc1. The van der Waals surface area contributed by atoms with E-state index in [1.54, 1.807) is 0 Å². The van der Waals surface area contributed by atoms with Crippen molar-refractivity contribution in [2.75, 3.05) is 13.1 Å². The van der Waals surface area contributed by atoms with Crippen molar-refractivity contribution in [3.63, 3.8) is 0 Å². The van der Waals surface area contributed by atoms with Crippen molar-refractivity contribution >= 4 is 22.6 Å².